The van der Waals surface area contributed by atoms with Crippen LogP contribution in [0.2, 0.25) is 51.9 Å². The van der Waals surface area contributed by atoms with Crippen LogP contribution in [0.4, 0.5) is 0 Å². The van der Waals surface area contributed by atoms with Gasteiger partial charge in [0.25, 0.3) is 0 Å². The van der Waals surface area contributed by atoms with E-state index in [1.165, 1.54) is 0 Å². The van der Waals surface area contributed by atoms with E-state index >= 15 is 0 Å². The van der Waals surface area contributed by atoms with Gasteiger partial charge in [-0.2, -0.15) is 0 Å². The van der Waals surface area contributed by atoms with Crippen LogP contribution < -0.4 is 0 Å². The maximum absolute atomic E-state index is 11.4. The van der Waals surface area contributed by atoms with Crippen molar-refractivity contribution >= 4 is 31.2 Å². The second-order valence-corrected chi connectivity index (χ2v) is 20.4. The second kappa shape index (κ2) is 7.87. The lowest BCUT2D eigenvalue weighted by atomic mass is 10.4. The van der Waals surface area contributed by atoms with Crippen molar-refractivity contribution in [1.29, 1.82) is 0 Å². The van der Waals surface area contributed by atoms with E-state index in [4.69, 9.17) is 13.0 Å². The fourth-order valence-corrected chi connectivity index (χ4v) is 14.6. The van der Waals surface area contributed by atoms with Crippen LogP contribution in [0.1, 0.15) is 13.3 Å². The quantitative estimate of drug-likeness (QED) is 0.270. The third-order valence-electron chi connectivity index (χ3n) is 2.40. The minimum atomic E-state index is -2.21. The van der Waals surface area contributed by atoms with E-state index in [0.717, 1.165) is 12.5 Å². The predicted octanol–water partition coefficient (Wildman–Crippen LogP) is 4.27. The average molecular weight is 349 g/mol. The molecule has 7 heteroatoms. The van der Waals surface area contributed by atoms with E-state index in [-0.39, 0.29) is 5.97 Å². The minimum Gasteiger partial charge on any atom is -0.462 e. The number of rotatable bonds is 9. The predicted molar refractivity (Wildman–Crippen MR) is 95.7 cm³/mol. The highest BCUT2D eigenvalue weighted by Crippen LogP contribution is 2.25. The van der Waals surface area contributed by atoms with Crippen molar-refractivity contribution in [2.24, 2.45) is 0 Å². The van der Waals surface area contributed by atoms with E-state index in [9.17, 15) is 4.79 Å². The maximum atomic E-state index is 11.4. The van der Waals surface area contributed by atoms with E-state index in [2.05, 4.69) is 52.4 Å². The first kappa shape index (κ1) is 20.8. The van der Waals surface area contributed by atoms with Gasteiger partial charge >= 0.3 is 14.5 Å². The largest absolute Gasteiger partial charge is 0.462 e. The van der Waals surface area contributed by atoms with Crippen molar-refractivity contribution in [1.82, 2.24) is 0 Å². The van der Waals surface area contributed by atoms with E-state index < -0.39 is 25.2 Å². The van der Waals surface area contributed by atoms with Crippen LogP contribution in [0.25, 0.3) is 0 Å². The van der Waals surface area contributed by atoms with Gasteiger partial charge in [-0.1, -0.05) is 6.58 Å². The monoisotopic (exact) mass is 348 g/mol. The van der Waals surface area contributed by atoms with Gasteiger partial charge in [-0.05, 0) is 65.2 Å². The van der Waals surface area contributed by atoms with Crippen LogP contribution in [0.5, 0.6) is 0 Å². The van der Waals surface area contributed by atoms with Crippen molar-refractivity contribution in [2.45, 2.75) is 65.2 Å². The van der Waals surface area contributed by atoms with Crippen LogP contribution in [0.15, 0.2) is 12.2 Å². The minimum absolute atomic E-state index is 0.324. The normalized spacial score (nSPS) is 13.1. The van der Waals surface area contributed by atoms with Gasteiger partial charge in [0.1, 0.15) is 0 Å². The molecule has 0 radical (unpaired) electrons. The van der Waals surface area contributed by atoms with Crippen LogP contribution in [-0.4, -0.2) is 37.8 Å². The number of carbonyl (C=O) groups excluding carboxylic acids is 1. The van der Waals surface area contributed by atoms with Crippen LogP contribution in [-0.2, 0) is 17.8 Å². The fourth-order valence-electron chi connectivity index (χ4n) is 2.10. The Balaban J connectivity index is 4.55. The third kappa shape index (κ3) is 11.1. The smallest absolute Gasteiger partial charge is 0.333 e. The highest BCUT2D eigenvalue weighted by atomic mass is 28.5. The molecule has 0 saturated carbocycles. The molecule has 0 aromatic heterocycles. The molecule has 0 unspecified atom stereocenters. The number of hydrogen-bond donors (Lipinski definition) is 0. The van der Waals surface area contributed by atoms with E-state index in [0.29, 0.717) is 12.2 Å². The van der Waals surface area contributed by atoms with Crippen molar-refractivity contribution in [3.8, 4) is 0 Å². The molecule has 0 fully saturated rings. The standard InChI is InChI=1S/C14H32O4Si3/c1-13(2)14(15)16-11-10-12-21(9,17-19(3,4)5)18-20(6,7)8/h1,10-12H2,2-9H3. The summed E-state index contributed by atoms with van der Waals surface area (Å²) >= 11 is 0. The zero-order chi connectivity index (χ0) is 16.9. The summed E-state index contributed by atoms with van der Waals surface area (Å²) in [6.45, 7) is 20.9. The first-order valence-corrected chi connectivity index (χ1v) is 16.8. The summed E-state index contributed by atoms with van der Waals surface area (Å²) in [6.07, 6.45) is 0.775. The number of ether oxygens (including phenoxy) is 1. The fraction of sp³-hybridized carbons (Fsp3) is 0.786. The number of esters is 1. The highest BCUT2D eigenvalue weighted by molar-refractivity contribution is 6.87. The molecule has 0 N–H and O–H groups in total. The lowest BCUT2D eigenvalue weighted by Crippen LogP contribution is -2.52. The molecular weight excluding hydrogens is 316 g/mol. The summed E-state index contributed by atoms with van der Waals surface area (Å²) in [5.41, 5.74) is 0.437. The Morgan fingerprint density at radius 3 is 1.71 bits per heavy atom. The number of hydrogen-bond acceptors (Lipinski definition) is 4. The van der Waals surface area contributed by atoms with Gasteiger partial charge in [-0.15, -0.1) is 0 Å². The lowest BCUT2D eigenvalue weighted by Gasteiger charge is -2.38. The van der Waals surface area contributed by atoms with Gasteiger partial charge in [0.05, 0.1) is 6.61 Å². The Morgan fingerprint density at radius 1 is 0.952 bits per heavy atom. The molecule has 0 atom stereocenters. The van der Waals surface area contributed by atoms with E-state index in [1.807, 2.05) is 0 Å². The van der Waals surface area contributed by atoms with Crippen molar-refractivity contribution < 1.29 is 17.8 Å². The van der Waals surface area contributed by atoms with Crippen molar-refractivity contribution in [3.63, 3.8) is 0 Å². The number of carbonyl (C=O) groups is 1. The molecule has 4 nitrogen and oxygen atoms in total. The van der Waals surface area contributed by atoms with Gasteiger partial charge in [0.2, 0.25) is 0 Å². The molecule has 0 aliphatic rings. The van der Waals surface area contributed by atoms with Crippen LogP contribution in [0, 0.1) is 0 Å². The molecule has 0 aromatic carbocycles. The molecule has 0 bridgehead atoms. The van der Waals surface area contributed by atoms with Crippen LogP contribution >= 0.6 is 0 Å². The molecule has 0 amide bonds. The van der Waals surface area contributed by atoms with Crippen molar-refractivity contribution in [2.75, 3.05) is 6.61 Å². The maximum Gasteiger partial charge on any atom is 0.333 e. The molecular formula is C14H32O4Si3. The lowest BCUT2D eigenvalue weighted by molar-refractivity contribution is -0.138. The molecule has 0 rings (SSSR count). The zero-order valence-electron chi connectivity index (χ0n) is 15.0. The topological polar surface area (TPSA) is 44.8 Å². The molecule has 0 saturated heterocycles. The zero-order valence-corrected chi connectivity index (χ0v) is 18.0. The molecule has 124 valence electrons. The Kier molecular flexibility index (Phi) is 7.78. The summed E-state index contributed by atoms with van der Waals surface area (Å²) in [7, 11) is -5.52. The van der Waals surface area contributed by atoms with Gasteiger partial charge in [0.15, 0.2) is 16.6 Å². The van der Waals surface area contributed by atoms with Crippen LogP contribution in [0.3, 0.4) is 0 Å². The molecule has 21 heavy (non-hydrogen) atoms. The SMILES string of the molecule is C=C(C)C(=O)OCCC[Si](C)(O[Si](C)(C)C)O[Si](C)(C)C. The highest BCUT2D eigenvalue weighted by Gasteiger charge is 2.39. The Labute approximate surface area is 133 Å². The first-order chi connectivity index (χ1) is 9.24. The Bertz CT molecular complexity index is 353. The molecule has 0 aliphatic carbocycles. The molecule has 0 heterocycles. The first-order valence-electron chi connectivity index (χ1n) is 7.47. The summed E-state index contributed by atoms with van der Waals surface area (Å²) in [4.78, 5) is 11.4. The van der Waals surface area contributed by atoms with Gasteiger partial charge in [-0.25, -0.2) is 4.79 Å². The van der Waals surface area contributed by atoms with Crippen molar-refractivity contribution in [3.05, 3.63) is 12.2 Å². The summed E-state index contributed by atoms with van der Waals surface area (Å²) in [5, 5.41) is 0. The van der Waals surface area contributed by atoms with Gasteiger partial charge in [-0.3, -0.25) is 0 Å². The summed E-state index contributed by atoms with van der Waals surface area (Å²) in [5.74, 6) is -0.324. The van der Waals surface area contributed by atoms with Gasteiger partial charge < -0.3 is 13.0 Å². The van der Waals surface area contributed by atoms with Gasteiger partial charge in [0, 0.05) is 5.57 Å². The molecule has 0 aliphatic heterocycles. The Morgan fingerprint density at radius 2 is 1.38 bits per heavy atom. The second-order valence-electron chi connectivity index (χ2n) is 7.58. The molecule has 0 spiro atoms. The Hall–Kier alpha value is -0.219. The average Bonchev–Trinajstić information content (AvgIpc) is 2.18. The van der Waals surface area contributed by atoms with E-state index in [1.54, 1.807) is 6.92 Å². The third-order valence-corrected chi connectivity index (χ3v) is 12.0. The molecule has 0 aromatic rings. The summed E-state index contributed by atoms with van der Waals surface area (Å²) < 4.78 is 17.9. The summed E-state index contributed by atoms with van der Waals surface area (Å²) in [6, 6.07) is 0.852.